The number of halogens is 1. The lowest BCUT2D eigenvalue weighted by molar-refractivity contribution is 0.496. The van der Waals surface area contributed by atoms with Crippen LogP contribution >= 0.6 is 0 Å². The molecule has 1 saturated heterocycles. The molecule has 0 radical (unpaired) electrons. The Hall–Kier alpha value is -3.50. The zero-order valence-corrected chi connectivity index (χ0v) is 18.6. The minimum absolute atomic E-state index is 0.0239. The van der Waals surface area contributed by atoms with Gasteiger partial charge in [-0.15, -0.1) is 0 Å². The van der Waals surface area contributed by atoms with Gasteiger partial charge in [-0.25, -0.2) is 9.37 Å². The molecule has 0 atom stereocenters. The second-order valence-corrected chi connectivity index (χ2v) is 9.02. The van der Waals surface area contributed by atoms with Crippen molar-refractivity contribution >= 4 is 5.82 Å². The van der Waals surface area contributed by atoms with Crippen LogP contribution in [0, 0.1) is 17.1 Å². The molecular formula is C26H26FN5O. The van der Waals surface area contributed by atoms with Gasteiger partial charge >= 0.3 is 0 Å². The van der Waals surface area contributed by atoms with E-state index in [0.29, 0.717) is 41.8 Å². The molecule has 3 aromatic rings. The molecule has 1 saturated carbocycles. The molecule has 2 N–H and O–H groups in total. The van der Waals surface area contributed by atoms with Crippen molar-refractivity contribution in [1.29, 1.82) is 5.26 Å². The van der Waals surface area contributed by atoms with Crippen molar-refractivity contribution in [2.75, 3.05) is 18.0 Å². The summed E-state index contributed by atoms with van der Waals surface area (Å²) in [6.45, 7) is 1.31. The number of nitrogens with two attached hydrogens (primary N) is 1. The van der Waals surface area contributed by atoms with Crippen molar-refractivity contribution in [3.8, 4) is 28.6 Å². The lowest BCUT2D eigenvalue weighted by Gasteiger charge is -2.31. The summed E-state index contributed by atoms with van der Waals surface area (Å²) in [5, 5.41) is 9.14. The Morgan fingerprint density at radius 3 is 2.33 bits per heavy atom. The van der Waals surface area contributed by atoms with E-state index in [2.05, 4.69) is 12.1 Å². The molecule has 5 rings (SSSR count). The van der Waals surface area contributed by atoms with Crippen molar-refractivity contribution in [3.05, 3.63) is 69.8 Å². The van der Waals surface area contributed by atoms with Gasteiger partial charge in [0.15, 0.2) is 5.82 Å². The largest absolute Gasteiger partial charge is 0.352 e. The predicted octanol–water partition coefficient (Wildman–Crippen LogP) is 3.93. The monoisotopic (exact) mass is 443 g/mol. The standard InChI is InChI=1S/C26H26FN5O/c1-31-24(18-6-4-17(5-7-18)16-2-3-16)23(19-8-9-20(15-28)22(27)14-19)30-25(26(31)33)32-12-10-21(29)11-13-32/h4-9,14,16,21H,2-3,10-13,29H2,1H3. The van der Waals surface area contributed by atoms with E-state index in [1.807, 2.05) is 23.1 Å². The fraction of sp³-hybridized carbons (Fsp3) is 0.346. The molecule has 0 spiro atoms. The predicted molar refractivity (Wildman–Crippen MR) is 126 cm³/mol. The first-order valence-corrected chi connectivity index (χ1v) is 11.4. The average Bonchev–Trinajstić information content (AvgIpc) is 3.67. The Bertz CT molecular complexity index is 1300. The Morgan fingerprint density at radius 1 is 1.06 bits per heavy atom. The number of hydrogen-bond acceptors (Lipinski definition) is 5. The van der Waals surface area contributed by atoms with E-state index in [1.165, 1.54) is 30.5 Å². The second-order valence-electron chi connectivity index (χ2n) is 9.02. The molecule has 33 heavy (non-hydrogen) atoms. The van der Waals surface area contributed by atoms with E-state index in [-0.39, 0.29) is 17.2 Å². The Balaban J connectivity index is 1.68. The Kier molecular flexibility index (Phi) is 5.47. The van der Waals surface area contributed by atoms with Gasteiger partial charge in [-0.05, 0) is 49.3 Å². The minimum atomic E-state index is -0.605. The highest BCUT2D eigenvalue weighted by atomic mass is 19.1. The number of aromatic nitrogens is 2. The number of hydrogen-bond donors (Lipinski definition) is 1. The lowest BCUT2D eigenvalue weighted by Crippen LogP contribution is -2.43. The molecule has 2 heterocycles. The smallest absolute Gasteiger partial charge is 0.293 e. The summed E-state index contributed by atoms with van der Waals surface area (Å²) in [5.41, 5.74) is 9.65. The van der Waals surface area contributed by atoms with Crippen LogP contribution in [0.1, 0.15) is 42.7 Å². The van der Waals surface area contributed by atoms with Crippen LogP contribution in [0.2, 0.25) is 0 Å². The minimum Gasteiger partial charge on any atom is -0.352 e. The van der Waals surface area contributed by atoms with Gasteiger partial charge < -0.3 is 15.2 Å². The van der Waals surface area contributed by atoms with Gasteiger partial charge in [0.2, 0.25) is 0 Å². The quantitative estimate of drug-likeness (QED) is 0.660. The molecule has 1 aliphatic heterocycles. The SMILES string of the molecule is Cn1c(-c2ccc(C3CC3)cc2)c(-c2ccc(C#N)c(F)c2)nc(N2CCC(N)CC2)c1=O. The van der Waals surface area contributed by atoms with E-state index in [0.717, 1.165) is 18.4 Å². The number of anilines is 1. The van der Waals surface area contributed by atoms with Crippen molar-refractivity contribution in [3.63, 3.8) is 0 Å². The normalized spacial score (nSPS) is 16.6. The number of piperidine rings is 1. The van der Waals surface area contributed by atoms with Gasteiger partial charge in [-0.2, -0.15) is 5.26 Å². The summed E-state index contributed by atoms with van der Waals surface area (Å²) < 4.78 is 16.2. The second kappa shape index (κ2) is 8.45. The Morgan fingerprint density at radius 2 is 1.73 bits per heavy atom. The summed E-state index contributed by atoms with van der Waals surface area (Å²) in [5.74, 6) is 0.370. The highest BCUT2D eigenvalue weighted by Gasteiger charge is 2.26. The van der Waals surface area contributed by atoms with Gasteiger partial charge in [0.1, 0.15) is 11.9 Å². The van der Waals surface area contributed by atoms with Gasteiger partial charge in [0.25, 0.3) is 5.56 Å². The van der Waals surface area contributed by atoms with Crippen LogP contribution in [0.4, 0.5) is 10.2 Å². The Labute approximate surface area is 192 Å². The van der Waals surface area contributed by atoms with Gasteiger partial charge in [0.05, 0.1) is 17.0 Å². The number of nitrogens with zero attached hydrogens (tertiary/aromatic N) is 4. The van der Waals surface area contributed by atoms with E-state index in [9.17, 15) is 9.18 Å². The molecule has 2 aliphatic rings. The van der Waals surface area contributed by atoms with Crippen LogP contribution in [-0.4, -0.2) is 28.7 Å². The molecular weight excluding hydrogens is 417 g/mol. The molecule has 1 aliphatic carbocycles. The maximum atomic E-state index is 14.6. The molecule has 0 bridgehead atoms. The van der Waals surface area contributed by atoms with Crippen LogP contribution in [0.15, 0.2) is 47.3 Å². The zero-order chi connectivity index (χ0) is 23.1. The summed E-state index contributed by atoms with van der Waals surface area (Å²) >= 11 is 0. The van der Waals surface area contributed by atoms with E-state index < -0.39 is 5.82 Å². The van der Waals surface area contributed by atoms with Crippen LogP contribution in [-0.2, 0) is 7.05 Å². The van der Waals surface area contributed by atoms with Gasteiger partial charge in [-0.1, -0.05) is 30.3 Å². The summed E-state index contributed by atoms with van der Waals surface area (Å²) in [6.07, 6.45) is 4.00. The molecule has 0 unspecified atom stereocenters. The van der Waals surface area contributed by atoms with Crippen molar-refractivity contribution in [2.24, 2.45) is 12.8 Å². The lowest BCUT2D eigenvalue weighted by atomic mass is 10.00. The third kappa shape index (κ3) is 4.03. The first-order chi connectivity index (χ1) is 16.0. The molecule has 7 heteroatoms. The number of rotatable bonds is 4. The topological polar surface area (TPSA) is 87.9 Å². The highest BCUT2D eigenvalue weighted by Crippen LogP contribution is 2.41. The molecule has 2 fully saturated rings. The average molecular weight is 444 g/mol. The first-order valence-electron chi connectivity index (χ1n) is 11.4. The molecule has 1 aromatic heterocycles. The van der Waals surface area contributed by atoms with Crippen molar-refractivity contribution in [2.45, 2.75) is 37.6 Å². The number of benzene rings is 2. The molecule has 6 nitrogen and oxygen atoms in total. The maximum Gasteiger partial charge on any atom is 0.293 e. The van der Waals surface area contributed by atoms with Gasteiger partial charge in [0, 0.05) is 37.3 Å². The summed E-state index contributed by atoms with van der Waals surface area (Å²) in [7, 11) is 1.73. The van der Waals surface area contributed by atoms with Crippen LogP contribution in [0.5, 0.6) is 0 Å². The molecule has 0 amide bonds. The zero-order valence-electron chi connectivity index (χ0n) is 18.6. The third-order valence-electron chi connectivity index (χ3n) is 6.71. The highest BCUT2D eigenvalue weighted by molar-refractivity contribution is 5.80. The summed E-state index contributed by atoms with van der Waals surface area (Å²) in [6, 6.07) is 14.7. The fourth-order valence-corrected chi connectivity index (χ4v) is 4.55. The molecule has 168 valence electrons. The fourth-order valence-electron chi connectivity index (χ4n) is 4.55. The summed E-state index contributed by atoms with van der Waals surface area (Å²) in [4.78, 5) is 20.2. The van der Waals surface area contributed by atoms with Crippen LogP contribution in [0.3, 0.4) is 0 Å². The third-order valence-corrected chi connectivity index (χ3v) is 6.71. The van der Waals surface area contributed by atoms with Crippen molar-refractivity contribution < 1.29 is 4.39 Å². The van der Waals surface area contributed by atoms with Crippen LogP contribution in [0.25, 0.3) is 22.5 Å². The van der Waals surface area contributed by atoms with Crippen LogP contribution < -0.4 is 16.2 Å². The van der Waals surface area contributed by atoms with E-state index in [4.69, 9.17) is 16.0 Å². The van der Waals surface area contributed by atoms with Crippen molar-refractivity contribution in [1.82, 2.24) is 9.55 Å². The first kappa shape index (κ1) is 21.4. The van der Waals surface area contributed by atoms with E-state index >= 15 is 0 Å². The molecule has 2 aromatic carbocycles. The van der Waals surface area contributed by atoms with Gasteiger partial charge in [-0.3, -0.25) is 4.79 Å². The maximum absolute atomic E-state index is 14.6. The van der Waals surface area contributed by atoms with E-state index in [1.54, 1.807) is 17.7 Å². The number of nitriles is 1.